The average molecular weight is 407 g/mol. The largest absolute Gasteiger partial charge is 0.459 e. The van der Waals surface area contributed by atoms with Crippen molar-refractivity contribution in [3.63, 3.8) is 0 Å². The normalized spacial score (nSPS) is 12.8. The summed E-state index contributed by atoms with van der Waals surface area (Å²) < 4.78 is 32.6. The van der Waals surface area contributed by atoms with Gasteiger partial charge in [0.1, 0.15) is 16.2 Å². The van der Waals surface area contributed by atoms with Crippen LogP contribution in [0.4, 0.5) is 0 Å². The predicted octanol–water partition coefficient (Wildman–Crippen LogP) is 3.63. The number of halogens is 1. The van der Waals surface area contributed by atoms with E-state index >= 15 is 0 Å². The van der Waals surface area contributed by atoms with E-state index in [9.17, 15) is 13.2 Å². The molecule has 0 aliphatic rings. The molecule has 27 heavy (non-hydrogen) atoms. The van der Waals surface area contributed by atoms with Crippen LogP contribution in [-0.4, -0.2) is 20.9 Å². The number of amides is 1. The van der Waals surface area contributed by atoms with Gasteiger partial charge in [0.25, 0.3) is 0 Å². The zero-order valence-electron chi connectivity index (χ0n) is 14.6. The Labute approximate surface area is 162 Å². The van der Waals surface area contributed by atoms with Crippen molar-refractivity contribution >= 4 is 38.5 Å². The molecule has 0 aliphatic heterocycles. The number of nitrogens with one attached hydrogen (secondary N) is 2. The van der Waals surface area contributed by atoms with Crippen LogP contribution in [-0.2, 0) is 14.8 Å². The molecule has 0 radical (unpaired) electrons. The molecule has 0 fully saturated rings. The Morgan fingerprint density at radius 1 is 1.15 bits per heavy atom. The first-order chi connectivity index (χ1) is 12.9. The Balaban J connectivity index is 1.54. The van der Waals surface area contributed by atoms with Gasteiger partial charge in [0.2, 0.25) is 15.9 Å². The summed E-state index contributed by atoms with van der Waals surface area (Å²) in [5, 5.41) is 3.89. The van der Waals surface area contributed by atoms with Gasteiger partial charge in [-0.05, 0) is 31.2 Å². The summed E-state index contributed by atoms with van der Waals surface area (Å²) in [7, 11) is -3.77. The number of fused-ring (bicyclic) bond motifs is 1. The predicted molar refractivity (Wildman–Crippen MR) is 104 cm³/mol. The summed E-state index contributed by atoms with van der Waals surface area (Å²) in [6.45, 7) is 1.77. The average Bonchev–Trinajstić information content (AvgIpc) is 3.06. The monoisotopic (exact) mass is 406 g/mol. The summed E-state index contributed by atoms with van der Waals surface area (Å²) in [5.74, 6) is 0.353. The molecule has 0 bridgehead atoms. The third-order valence-electron chi connectivity index (χ3n) is 4.02. The lowest BCUT2D eigenvalue weighted by atomic mass is 10.2. The molecular formula is C19H19ClN2O4S. The summed E-state index contributed by atoms with van der Waals surface area (Å²) in [4.78, 5) is 12.1. The van der Waals surface area contributed by atoms with Crippen LogP contribution in [0.5, 0.6) is 0 Å². The summed E-state index contributed by atoms with van der Waals surface area (Å²) >= 11 is 5.91. The van der Waals surface area contributed by atoms with Gasteiger partial charge in [-0.15, -0.1) is 0 Å². The lowest BCUT2D eigenvalue weighted by Gasteiger charge is -2.12. The number of benzene rings is 2. The lowest BCUT2D eigenvalue weighted by Crippen LogP contribution is -2.32. The second-order valence-corrected chi connectivity index (χ2v) is 8.20. The van der Waals surface area contributed by atoms with E-state index in [2.05, 4.69) is 10.0 Å². The van der Waals surface area contributed by atoms with Crippen molar-refractivity contribution in [1.29, 1.82) is 0 Å². The molecule has 1 aromatic heterocycles. The fourth-order valence-electron chi connectivity index (χ4n) is 2.64. The number of furan rings is 1. The fourth-order valence-corrected chi connectivity index (χ4v) is 4.19. The zero-order valence-corrected chi connectivity index (χ0v) is 16.2. The molecule has 0 spiro atoms. The molecule has 1 heterocycles. The third kappa shape index (κ3) is 4.68. The first-order valence-electron chi connectivity index (χ1n) is 8.39. The van der Waals surface area contributed by atoms with Crippen LogP contribution in [0.3, 0.4) is 0 Å². The lowest BCUT2D eigenvalue weighted by molar-refractivity contribution is -0.121. The molecule has 0 saturated carbocycles. The first-order valence-corrected chi connectivity index (χ1v) is 10.2. The molecule has 142 valence electrons. The van der Waals surface area contributed by atoms with Crippen LogP contribution in [0.15, 0.2) is 63.9 Å². The first kappa shape index (κ1) is 19.4. The molecule has 1 unspecified atom stereocenters. The van der Waals surface area contributed by atoms with Crippen molar-refractivity contribution < 1.29 is 17.6 Å². The highest BCUT2D eigenvalue weighted by molar-refractivity contribution is 7.89. The van der Waals surface area contributed by atoms with Gasteiger partial charge in [0.15, 0.2) is 0 Å². The maximum Gasteiger partial charge on any atom is 0.242 e. The second-order valence-electron chi connectivity index (χ2n) is 6.05. The van der Waals surface area contributed by atoms with Crippen molar-refractivity contribution in [2.75, 3.05) is 6.54 Å². The van der Waals surface area contributed by atoms with Gasteiger partial charge in [-0.3, -0.25) is 4.79 Å². The van der Waals surface area contributed by atoms with Gasteiger partial charge in [0.05, 0.1) is 11.1 Å². The van der Waals surface area contributed by atoms with Crippen molar-refractivity contribution in [3.8, 4) is 0 Å². The van der Waals surface area contributed by atoms with E-state index < -0.39 is 10.0 Å². The van der Waals surface area contributed by atoms with Gasteiger partial charge >= 0.3 is 0 Å². The fraction of sp³-hybridized carbons (Fsp3) is 0.211. The van der Waals surface area contributed by atoms with Gasteiger partial charge < -0.3 is 9.73 Å². The van der Waals surface area contributed by atoms with Crippen LogP contribution in [0.25, 0.3) is 11.0 Å². The highest BCUT2D eigenvalue weighted by Crippen LogP contribution is 2.23. The van der Waals surface area contributed by atoms with Crippen LogP contribution >= 0.6 is 11.6 Å². The maximum atomic E-state index is 12.2. The van der Waals surface area contributed by atoms with Gasteiger partial charge in [0, 0.05) is 18.4 Å². The van der Waals surface area contributed by atoms with Gasteiger partial charge in [-0.2, -0.15) is 0 Å². The van der Waals surface area contributed by atoms with E-state index in [1.54, 1.807) is 12.1 Å². The molecule has 3 rings (SSSR count). The Morgan fingerprint density at radius 3 is 2.59 bits per heavy atom. The van der Waals surface area contributed by atoms with E-state index in [0.717, 1.165) is 11.0 Å². The standard InChI is InChI=1S/C19H19ClN2O4S/c1-13(17-12-14-6-2-4-8-16(14)26-17)22-19(23)10-11-21-27(24,25)18-9-5-3-7-15(18)20/h2-9,12-13,21H,10-11H2,1H3,(H,22,23). The minimum absolute atomic E-state index is 0.00570. The Kier molecular flexibility index (Phi) is 5.84. The Bertz CT molecular complexity index is 1030. The number of carbonyl (C=O) groups is 1. The molecule has 0 saturated heterocycles. The Hall–Kier alpha value is -2.35. The molecular weight excluding hydrogens is 388 g/mol. The molecule has 0 aliphatic carbocycles. The molecule has 1 atom stereocenters. The van der Waals surface area contributed by atoms with Crippen LogP contribution in [0.2, 0.25) is 5.02 Å². The second kappa shape index (κ2) is 8.12. The molecule has 8 heteroatoms. The van der Waals surface area contributed by atoms with E-state index in [1.165, 1.54) is 12.1 Å². The number of rotatable bonds is 7. The van der Waals surface area contributed by atoms with Crippen LogP contribution in [0, 0.1) is 0 Å². The van der Waals surface area contributed by atoms with Crippen molar-refractivity contribution in [2.24, 2.45) is 0 Å². The quantitative estimate of drug-likeness (QED) is 0.627. The molecule has 3 aromatic rings. The van der Waals surface area contributed by atoms with Crippen molar-refractivity contribution in [1.82, 2.24) is 10.0 Å². The highest BCUT2D eigenvalue weighted by Gasteiger charge is 2.18. The van der Waals surface area contributed by atoms with Crippen LogP contribution < -0.4 is 10.0 Å². The number of para-hydroxylation sites is 1. The van der Waals surface area contributed by atoms with Crippen molar-refractivity contribution in [2.45, 2.75) is 24.3 Å². The summed E-state index contributed by atoms with van der Waals surface area (Å²) in [5.41, 5.74) is 0.751. The van der Waals surface area contributed by atoms with Gasteiger partial charge in [-0.25, -0.2) is 13.1 Å². The minimum Gasteiger partial charge on any atom is -0.459 e. The zero-order chi connectivity index (χ0) is 19.4. The molecule has 6 nitrogen and oxygen atoms in total. The number of hydrogen-bond acceptors (Lipinski definition) is 4. The molecule has 1 amide bonds. The number of sulfonamides is 1. The third-order valence-corrected chi connectivity index (χ3v) is 5.98. The number of carbonyl (C=O) groups excluding carboxylic acids is 1. The smallest absolute Gasteiger partial charge is 0.242 e. The highest BCUT2D eigenvalue weighted by atomic mass is 35.5. The summed E-state index contributed by atoms with van der Waals surface area (Å²) in [6, 6.07) is 15.3. The molecule has 2 N–H and O–H groups in total. The van der Waals surface area contributed by atoms with E-state index in [0.29, 0.717) is 5.76 Å². The number of hydrogen-bond donors (Lipinski definition) is 2. The maximum absolute atomic E-state index is 12.2. The van der Waals surface area contributed by atoms with E-state index in [1.807, 2.05) is 37.3 Å². The van der Waals surface area contributed by atoms with E-state index in [4.69, 9.17) is 16.0 Å². The Morgan fingerprint density at radius 2 is 1.85 bits per heavy atom. The van der Waals surface area contributed by atoms with Crippen molar-refractivity contribution in [3.05, 3.63) is 65.4 Å². The van der Waals surface area contributed by atoms with Crippen LogP contribution in [0.1, 0.15) is 25.1 Å². The van der Waals surface area contributed by atoms with E-state index in [-0.39, 0.29) is 34.8 Å². The topological polar surface area (TPSA) is 88.4 Å². The summed E-state index contributed by atoms with van der Waals surface area (Å²) in [6.07, 6.45) is -0.00570. The SMILES string of the molecule is CC(NC(=O)CCNS(=O)(=O)c1ccccc1Cl)c1cc2ccccc2o1. The van der Waals surface area contributed by atoms with Gasteiger partial charge in [-0.1, -0.05) is 41.9 Å². The minimum atomic E-state index is -3.77. The molecule has 2 aromatic carbocycles.